The van der Waals surface area contributed by atoms with Crippen LogP contribution in [-0.4, -0.2) is 11.0 Å². The molecule has 148 valence electrons. The fourth-order valence-electron chi connectivity index (χ4n) is 4.12. The zero-order chi connectivity index (χ0) is 19.9. The molecule has 2 aromatic carbocycles. The summed E-state index contributed by atoms with van der Waals surface area (Å²) in [6.07, 6.45) is 10.1. The molecule has 0 bridgehead atoms. The number of pyridine rings is 1. The number of urea groups is 1. The molecule has 29 heavy (non-hydrogen) atoms. The molecule has 4 heteroatoms. The first-order valence-electron chi connectivity index (χ1n) is 10.4. The lowest BCUT2D eigenvalue weighted by molar-refractivity contribution is 0.250. The number of anilines is 1. The smallest absolute Gasteiger partial charge is 0.319 e. The zero-order valence-electron chi connectivity index (χ0n) is 16.6. The Labute approximate surface area is 172 Å². The van der Waals surface area contributed by atoms with Crippen LogP contribution >= 0.6 is 0 Å². The fourth-order valence-corrected chi connectivity index (χ4v) is 4.12. The topological polar surface area (TPSA) is 54.0 Å². The molecule has 0 saturated heterocycles. The third-order valence-electron chi connectivity index (χ3n) is 5.67. The summed E-state index contributed by atoms with van der Waals surface area (Å²) < 4.78 is 0. The van der Waals surface area contributed by atoms with Crippen LogP contribution in [-0.2, 0) is 0 Å². The number of rotatable bonds is 5. The lowest BCUT2D eigenvalue weighted by Crippen LogP contribution is -2.33. The van der Waals surface area contributed by atoms with E-state index in [9.17, 15) is 4.79 Å². The lowest BCUT2D eigenvalue weighted by Gasteiger charge is -2.22. The average Bonchev–Trinajstić information content (AvgIpc) is 2.80. The molecular weight excluding hydrogens is 358 g/mol. The van der Waals surface area contributed by atoms with Gasteiger partial charge in [0.1, 0.15) is 0 Å². The van der Waals surface area contributed by atoms with Gasteiger partial charge >= 0.3 is 6.03 Å². The van der Waals surface area contributed by atoms with E-state index in [0.29, 0.717) is 5.92 Å². The van der Waals surface area contributed by atoms with Crippen molar-refractivity contribution < 1.29 is 4.79 Å². The van der Waals surface area contributed by atoms with E-state index >= 15 is 0 Å². The van der Waals surface area contributed by atoms with Crippen LogP contribution in [0.4, 0.5) is 10.5 Å². The second kappa shape index (κ2) is 9.37. The van der Waals surface area contributed by atoms with Gasteiger partial charge in [0.15, 0.2) is 0 Å². The summed E-state index contributed by atoms with van der Waals surface area (Å²) in [5.41, 5.74) is 4.15. The van der Waals surface area contributed by atoms with E-state index in [0.717, 1.165) is 16.8 Å². The highest BCUT2D eigenvalue weighted by molar-refractivity contribution is 5.89. The van der Waals surface area contributed by atoms with Crippen molar-refractivity contribution in [2.45, 2.75) is 44.1 Å². The Morgan fingerprint density at radius 2 is 1.59 bits per heavy atom. The molecule has 2 amide bonds. The van der Waals surface area contributed by atoms with Gasteiger partial charge in [-0.3, -0.25) is 4.98 Å². The maximum atomic E-state index is 12.7. The van der Waals surface area contributed by atoms with E-state index in [1.807, 2.05) is 54.6 Å². The predicted molar refractivity (Wildman–Crippen MR) is 117 cm³/mol. The second-order valence-electron chi connectivity index (χ2n) is 7.69. The number of nitrogens with one attached hydrogen (secondary N) is 2. The summed E-state index contributed by atoms with van der Waals surface area (Å²) in [7, 11) is 0. The van der Waals surface area contributed by atoms with E-state index in [2.05, 4.69) is 27.8 Å². The number of carbonyl (C=O) groups is 1. The van der Waals surface area contributed by atoms with Crippen LogP contribution in [0.15, 0.2) is 79.1 Å². The van der Waals surface area contributed by atoms with Crippen molar-refractivity contribution in [3.63, 3.8) is 0 Å². The summed E-state index contributed by atoms with van der Waals surface area (Å²) in [5, 5.41) is 6.06. The normalized spacial score (nSPS) is 15.4. The first-order valence-corrected chi connectivity index (χ1v) is 10.4. The van der Waals surface area contributed by atoms with Crippen LogP contribution in [0.25, 0.3) is 0 Å². The van der Waals surface area contributed by atoms with Crippen molar-refractivity contribution in [3.8, 4) is 0 Å². The van der Waals surface area contributed by atoms with Crippen molar-refractivity contribution in [2.75, 3.05) is 5.32 Å². The molecule has 1 aliphatic rings. The predicted octanol–water partition coefficient (Wildman–Crippen LogP) is 6.04. The van der Waals surface area contributed by atoms with Crippen molar-refractivity contribution in [1.29, 1.82) is 0 Å². The summed E-state index contributed by atoms with van der Waals surface area (Å²) in [6.45, 7) is 0. The van der Waals surface area contributed by atoms with Crippen molar-refractivity contribution in [2.24, 2.45) is 0 Å². The van der Waals surface area contributed by atoms with Gasteiger partial charge in [-0.2, -0.15) is 0 Å². The molecule has 2 N–H and O–H groups in total. The molecule has 3 aromatic rings. The summed E-state index contributed by atoms with van der Waals surface area (Å²) in [5.74, 6) is 0.666. The van der Waals surface area contributed by atoms with Crippen molar-refractivity contribution >= 4 is 11.7 Å². The lowest BCUT2D eigenvalue weighted by atomic mass is 9.84. The number of hydrogen-bond donors (Lipinski definition) is 2. The summed E-state index contributed by atoms with van der Waals surface area (Å²) in [6, 6.07) is 21.6. The minimum Gasteiger partial charge on any atom is -0.327 e. The average molecular weight is 386 g/mol. The molecule has 1 fully saturated rings. The number of aromatic nitrogens is 1. The molecule has 0 radical (unpaired) electrons. The first-order chi connectivity index (χ1) is 14.3. The molecule has 1 atom stereocenters. The van der Waals surface area contributed by atoms with Crippen molar-refractivity contribution in [3.05, 3.63) is 95.8 Å². The fraction of sp³-hybridized carbons (Fsp3) is 0.280. The van der Waals surface area contributed by atoms with Crippen molar-refractivity contribution in [1.82, 2.24) is 10.3 Å². The van der Waals surface area contributed by atoms with E-state index in [1.165, 1.54) is 37.7 Å². The minimum absolute atomic E-state index is 0.229. The first kappa shape index (κ1) is 19.2. The second-order valence-corrected chi connectivity index (χ2v) is 7.69. The van der Waals surface area contributed by atoms with Gasteiger partial charge in [0.05, 0.1) is 6.04 Å². The molecular formula is C25H27N3O. The highest BCUT2D eigenvalue weighted by Crippen LogP contribution is 2.33. The largest absolute Gasteiger partial charge is 0.327 e. The SMILES string of the molecule is O=C(Nc1ccc(C2CCCCC2)cc1)NC(c1ccccc1)c1cccnc1. The molecule has 1 unspecified atom stereocenters. The minimum atomic E-state index is -0.258. The van der Waals surface area contributed by atoms with Gasteiger partial charge in [-0.15, -0.1) is 0 Å². The van der Waals surface area contributed by atoms with Gasteiger partial charge in [-0.1, -0.05) is 67.8 Å². The Kier molecular flexibility index (Phi) is 6.20. The van der Waals surface area contributed by atoms with Crippen LogP contribution < -0.4 is 10.6 Å². The quantitative estimate of drug-likeness (QED) is 0.562. The van der Waals surface area contributed by atoms with Crippen LogP contribution in [0.5, 0.6) is 0 Å². The van der Waals surface area contributed by atoms with Crippen LogP contribution in [0.3, 0.4) is 0 Å². The molecule has 4 rings (SSSR count). The van der Waals surface area contributed by atoms with E-state index in [1.54, 1.807) is 12.4 Å². The van der Waals surface area contributed by atoms with Gasteiger partial charge in [-0.25, -0.2) is 4.79 Å². The zero-order valence-corrected chi connectivity index (χ0v) is 16.6. The number of benzene rings is 2. The summed E-state index contributed by atoms with van der Waals surface area (Å²) >= 11 is 0. The standard InChI is InChI=1S/C25H27N3O/c29-25(27-23-15-13-20(14-16-23)19-8-3-1-4-9-19)28-24(21-10-5-2-6-11-21)22-12-7-17-26-18-22/h2,5-7,10-19,24H,1,3-4,8-9H2,(H2,27,28,29). The third kappa shape index (κ3) is 5.02. The monoisotopic (exact) mass is 385 g/mol. The molecule has 1 aromatic heterocycles. The van der Waals surface area contributed by atoms with Crippen LogP contribution in [0.2, 0.25) is 0 Å². The van der Waals surface area contributed by atoms with E-state index in [4.69, 9.17) is 0 Å². The number of hydrogen-bond acceptors (Lipinski definition) is 2. The number of carbonyl (C=O) groups excluding carboxylic acids is 1. The molecule has 0 aliphatic heterocycles. The Balaban J connectivity index is 1.44. The van der Waals surface area contributed by atoms with E-state index < -0.39 is 0 Å². The Morgan fingerprint density at radius 1 is 0.862 bits per heavy atom. The highest BCUT2D eigenvalue weighted by atomic mass is 16.2. The number of amides is 2. The van der Waals surface area contributed by atoms with Crippen LogP contribution in [0, 0.1) is 0 Å². The maximum Gasteiger partial charge on any atom is 0.319 e. The number of nitrogens with zero attached hydrogens (tertiary/aromatic N) is 1. The maximum absolute atomic E-state index is 12.7. The van der Waals surface area contributed by atoms with Gasteiger partial charge in [-0.05, 0) is 53.6 Å². The molecule has 1 heterocycles. The third-order valence-corrected chi connectivity index (χ3v) is 5.67. The molecule has 1 saturated carbocycles. The molecule has 4 nitrogen and oxygen atoms in total. The van der Waals surface area contributed by atoms with Gasteiger partial charge in [0.25, 0.3) is 0 Å². The summed E-state index contributed by atoms with van der Waals surface area (Å²) in [4.78, 5) is 16.9. The Bertz CT molecular complexity index is 864. The van der Waals surface area contributed by atoms with Gasteiger partial charge < -0.3 is 10.6 Å². The van der Waals surface area contributed by atoms with E-state index in [-0.39, 0.29) is 12.1 Å². The van der Waals surface area contributed by atoms with Gasteiger partial charge in [0, 0.05) is 18.1 Å². The highest BCUT2D eigenvalue weighted by Gasteiger charge is 2.18. The van der Waals surface area contributed by atoms with Crippen LogP contribution in [0.1, 0.15) is 60.8 Å². The molecule has 1 aliphatic carbocycles. The Morgan fingerprint density at radius 3 is 2.28 bits per heavy atom. The Hall–Kier alpha value is -3.14. The van der Waals surface area contributed by atoms with Gasteiger partial charge in [0.2, 0.25) is 0 Å². The molecule has 0 spiro atoms.